The minimum Gasteiger partial charge on any atom is -0.351 e. The van der Waals surface area contributed by atoms with Crippen LogP contribution in [-0.2, 0) is 4.79 Å². The number of halogens is 1. The molecule has 1 atom stereocenters. The van der Waals surface area contributed by atoms with Gasteiger partial charge in [0, 0.05) is 19.1 Å². The summed E-state index contributed by atoms with van der Waals surface area (Å²) in [6.07, 6.45) is 1.09. The Morgan fingerprint density at radius 3 is 3.00 bits per heavy atom. The van der Waals surface area contributed by atoms with Crippen LogP contribution >= 0.6 is 15.9 Å². The van der Waals surface area contributed by atoms with Crippen LogP contribution in [0.15, 0.2) is 0 Å². The van der Waals surface area contributed by atoms with Crippen molar-refractivity contribution in [3.05, 3.63) is 0 Å². The molecular weight excluding hydrogens is 220 g/mol. The maximum atomic E-state index is 11.0. The van der Waals surface area contributed by atoms with Gasteiger partial charge in [-0.05, 0) is 13.0 Å². The molecule has 1 heterocycles. The summed E-state index contributed by atoms with van der Waals surface area (Å²) < 4.78 is 0. The van der Waals surface area contributed by atoms with Crippen molar-refractivity contribution in [2.45, 2.75) is 19.4 Å². The summed E-state index contributed by atoms with van der Waals surface area (Å²) >= 11 is 3.13. The predicted octanol–water partition coefficient (Wildman–Crippen LogP) is 0.592. The average molecular weight is 235 g/mol. The van der Waals surface area contributed by atoms with Gasteiger partial charge in [0.2, 0.25) is 5.91 Å². The molecule has 0 radical (unpaired) electrons. The average Bonchev–Trinajstić information content (AvgIpc) is 2.52. The Balaban J connectivity index is 2.23. The minimum absolute atomic E-state index is 0.0953. The molecule has 0 spiro atoms. The molecule has 0 aliphatic carbocycles. The molecule has 70 valence electrons. The van der Waals surface area contributed by atoms with E-state index in [1.165, 1.54) is 0 Å². The van der Waals surface area contributed by atoms with Crippen LogP contribution < -0.4 is 5.32 Å². The zero-order chi connectivity index (χ0) is 8.97. The topological polar surface area (TPSA) is 32.3 Å². The van der Waals surface area contributed by atoms with E-state index in [1.807, 2.05) is 0 Å². The molecule has 0 saturated carbocycles. The first-order chi connectivity index (χ1) is 5.76. The van der Waals surface area contributed by atoms with E-state index in [1.54, 1.807) is 0 Å². The summed E-state index contributed by atoms with van der Waals surface area (Å²) in [6, 6.07) is 0.370. The molecule has 4 heteroatoms. The highest BCUT2D eigenvalue weighted by Gasteiger charge is 2.21. The van der Waals surface area contributed by atoms with Gasteiger partial charge >= 0.3 is 0 Å². The van der Waals surface area contributed by atoms with Gasteiger partial charge in [-0.3, -0.25) is 4.79 Å². The Hall–Kier alpha value is -0.0900. The molecule has 1 amide bonds. The second-order valence-corrected chi connectivity index (χ2v) is 3.64. The van der Waals surface area contributed by atoms with Crippen LogP contribution in [0, 0.1) is 0 Å². The fourth-order valence-corrected chi connectivity index (χ4v) is 1.67. The van der Waals surface area contributed by atoms with E-state index < -0.39 is 0 Å². The Morgan fingerprint density at radius 2 is 2.50 bits per heavy atom. The molecule has 0 aromatic rings. The Morgan fingerprint density at radius 1 is 1.75 bits per heavy atom. The number of likely N-dealkylation sites (tertiary alicyclic amines) is 1. The third kappa shape index (κ3) is 2.75. The largest absolute Gasteiger partial charge is 0.351 e. The SMILES string of the molecule is CCN1CCC(NC(=O)CBr)C1. The molecule has 1 aliphatic heterocycles. The van der Waals surface area contributed by atoms with Crippen LogP contribution in [0.4, 0.5) is 0 Å². The van der Waals surface area contributed by atoms with Crippen molar-refractivity contribution in [2.75, 3.05) is 25.0 Å². The molecule has 0 bridgehead atoms. The van der Waals surface area contributed by atoms with E-state index in [0.29, 0.717) is 11.4 Å². The summed E-state index contributed by atoms with van der Waals surface area (Å²) in [7, 11) is 0. The normalized spacial score (nSPS) is 24.3. The van der Waals surface area contributed by atoms with Crippen molar-refractivity contribution in [3.63, 3.8) is 0 Å². The first-order valence-corrected chi connectivity index (χ1v) is 5.46. The van der Waals surface area contributed by atoms with Crippen LogP contribution in [0.2, 0.25) is 0 Å². The number of carbonyl (C=O) groups is 1. The Bertz CT molecular complexity index is 163. The van der Waals surface area contributed by atoms with E-state index in [0.717, 1.165) is 26.1 Å². The number of rotatable bonds is 3. The molecule has 1 unspecified atom stereocenters. The molecule has 1 fully saturated rings. The minimum atomic E-state index is 0.0953. The fourth-order valence-electron chi connectivity index (χ4n) is 1.50. The predicted molar refractivity (Wildman–Crippen MR) is 52.5 cm³/mol. The van der Waals surface area contributed by atoms with Crippen molar-refractivity contribution >= 4 is 21.8 Å². The zero-order valence-corrected chi connectivity index (χ0v) is 8.93. The highest BCUT2D eigenvalue weighted by molar-refractivity contribution is 9.09. The fraction of sp³-hybridized carbons (Fsp3) is 0.875. The quantitative estimate of drug-likeness (QED) is 0.726. The highest BCUT2D eigenvalue weighted by Crippen LogP contribution is 2.07. The number of hydrogen-bond acceptors (Lipinski definition) is 2. The summed E-state index contributed by atoms with van der Waals surface area (Å²) in [6.45, 7) is 5.36. The number of nitrogens with one attached hydrogen (secondary N) is 1. The van der Waals surface area contributed by atoms with E-state index in [2.05, 4.69) is 33.1 Å². The maximum Gasteiger partial charge on any atom is 0.230 e. The monoisotopic (exact) mass is 234 g/mol. The molecule has 0 aromatic carbocycles. The van der Waals surface area contributed by atoms with Gasteiger partial charge in [-0.15, -0.1) is 0 Å². The van der Waals surface area contributed by atoms with Crippen LogP contribution in [0.5, 0.6) is 0 Å². The lowest BCUT2D eigenvalue weighted by molar-refractivity contribution is -0.119. The smallest absolute Gasteiger partial charge is 0.230 e. The van der Waals surface area contributed by atoms with Crippen LogP contribution in [-0.4, -0.2) is 41.8 Å². The third-order valence-corrected chi connectivity index (χ3v) is 2.72. The van der Waals surface area contributed by atoms with Crippen molar-refractivity contribution < 1.29 is 4.79 Å². The molecule has 1 rings (SSSR count). The highest BCUT2D eigenvalue weighted by atomic mass is 79.9. The third-order valence-electron chi connectivity index (χ3n) is 2.21. The maximum absolute atomic E-state index is 11.0. The summed E-state index contributed by atoms with van der Waals surface area (Å²) in [4.78, 5) is 13.3. The van der Waals surface area contributed by atoms with E-state index >= 15 is 0 Å². The van der Waals surface area contributed by atoms with E-state index in [4.69, 9.17) is 0 Å². The van der Waals surface area contributed by atoms with Gasteiger partial charge in [-0.1, -0.05) is 22.9 Å². The van der Waals surface area contributed by atoms with E-state index in [-0.39, 0.29) is 5.91 Å². The standard InChI is InChI=1S/C8H15BrN2O/c1-2-11-4-3-7(6-11)10-8(12)5-9/h7H,2-6H2,1H3,(H,10,12). The van der Waals surface area contributed by atoms with Crippen molar-refractivity contribution in [2.24, 2.45) is 0 Å². The summed E-state index contributed by atoms with van der Waals surface area (Å²) in [5, 5.41) is 3.38. The molecule has 12 heavy (non-hydrogen) atoms. The zero-order valence-electron chi connectivity index (χ0n) is 7.35. The Kier molecular flexibility index (Phi) is 4.01. The molecule has 1 aliphatic rings. The van der Waals surface area contributed by atoms with Gasteiger partial charge < -0.3 is 10.2 Å². The summed E-state index contributed by atoms with van der Waals surface area (Å²) in [5.74, 6) is 0.0953. The summed E-state index contributed by atoms with van der Waals surface area (Å²) in [5.41, 5.74) is 0. The van der Waals surface area contributed by atoms with Crippen molar-refractivity contribution in [1.82, 2.24) is 10.2 Å². The number of hydrogen-bond donors (Lipinski definition) is 1. The van der Waals surface area contributed by atoms with Gasteiger partial charge in [0.05, 0.1) is 5.33 Å². The molecule has 0 aromatic heterocycles. The van der Waals surface area contributed by atoms with Crippen LogP contribution in [0.25, 0.3) is 0 Å². The second-order valence-electron chi connectivity index (χ2n) is 3.08. The van der Waals surface area contributed by atoms with Gasteiger partial charge in [-0.25, -0.2) is 0 Å². The number of alkyl halides is 1. The van der Waals surface area contributed by atoms with Crippen LogP contribution in [0.3, 0.4) is 0 Å². The Labute approximate surface area is 81.6 Å². The first-order valence-electron chi connectivity index (χ1n) is 4.34. The van der Waals surface area contributed by atoms with Crippen molar-refractivity contribution in [1.29, 1.82) is 0 Å². The lowest BCUT2D eigenvalue weighted by Crippen LogP contribution is -2.37. The van der Waals surface area contributed by atoms with Gasteiger partial charge in [0.15, 0.2) is 0 Å². The van der Waals surface area contributed by atoms with Gasteiger partial charge in [0.1, 0.15) is 0 Å². The lowest BCUT2D eigenvalue weighted by atomic mass is 10.3. The van der Waals surface area contributed by atoms with Crippen molar-refractivity contribution in [3.8, 4) is 0 Å². The first kappa shape index (κ1) is 9.99. The molecule has 1 saturated heterocycles. The molecule has 3 nitrogen and oxygen atoms in total. The molecular formula is C8H15BrN2O. The van der Waals surface area contributed by atoms with E-state index in [9.17, 15) is 4.79 Å². The van der Waals surface area contributed by atoms with Gasteiger partial charge in [0.25, 0.3) is 0 Å². The number of carbonyl (C=O) groups excluding carboxylic acids is 1. The number of nitrogens with zero attached hydrogens (tertiary/aromatic N) is 1. The lowest BCUT2D eigenvalue weighted by Gasteiger charge is -2.13. The second kappa shape index (κ2) is 4.82. The van der Waals surface area contributed by atoms with Gasteiger partial charge in [-0.2, -0.15) is 0 Å². The molecule has 1 N–H and O–H groups in total. The number of likely N-dealkylation sites (N-methyl/N-ethyl adjacent to an activating group) is 1. The van der Waals surface area contributed by atoms with Crippen LogP contribution in [0.1, 0.15) is 13.3 Å². The number of amides is 1.